The van der Waals surface area contributed by atoms with E-state index in [2.05, 4.69) is 6.58 Å². The van der Waals surface area contributed by atoms with E-state index in [-0.39, 0.29) is 12.0 Å². The zero-order chi connectivity index (χ0) is 44.9. The first-order chi connectivity index (χ1) is 28.0. The molecule has 3 heterocycles. The zero-order valence-corrected chi connectivity index (χ0v) is 35.5. The Labute approximate surface area is 347 Å². The van der Waals surface area contributed by atoms with Gasteiger partial charge in [0.05, 0.1) is 37.9 Å². The van der Waals surface area contributed by atoms with Crippen LogP contribution in [0.1, 0.15) is 86.6 Å². The Hall–Kier alpha value is -4.81. The molecule has 4 fully saturated rings. The number of cyclic esters (lactones) is 1. The molecule has 2 saturated heterocycles. The maximum Gasteiger partial charge on any atom is 0.335 e. The van der Waals surface area contributed by atoms with E-state index >= 15 is 0 Å². The summed E-state index contributed by atoms with van der Waals surface area (Å²) in [6.45, 7) is 17.3. The molecule has 332 valence electrons. The molecule has 0 amide bonds. The first kappa shape index (κ1) is 46.3. The predicted molar refractivity (Wildman–Crippen MR) is 202 cm³/mol. The summed E-state index contributed by atoms with van der Waals surface area (Å²) in [5.41, 5.74) is -6.45. The highest BCUT2D eigenvalue weighted by atomic mass is 16.7. The third-order valence-electron chi connectivity index (χ3n) is 13.2. The molecule has 14 unspecified atom stereocenters. The van der Waals surface area contributed by atoms with E-state index in [0.717, 1.165) is 21.0 Å². The second-order valence-corrected chi connectivity index (χ2v) is 17.5. The van der Waals surface area contributed by atoms with Gasteiger partial charge in [0.15, 0.2) is 12.2 Å². The summed E-state index contributed by atoms with van der Waals surface area (Å²) in [6.07, 6.45) is -8.82. The molecule has 2 N–H and O–H groups in total. The Kier molecular flexibility index (Phi) is 13.0. The fourth-order valence-electron chi connectivity index (χ4n) is 10.3. The highest BCUT2D eigenvalue weighted by Gasteiger charge is 2.88. The van der Waals surface area contributed by atoms with Crippen LogP contribution >= 0.6 is 0 Å². The second-order valence-electron chi connectivity index (χ2n) is 17.5. The topological polar surface area (TPSA) is 250 Å². The van der Waals surface area contributed by atoms with Crippen molar-refractivity contribution < 1.29 is 86.1 Å². The van der Waals surface area contributed by atoms with E-state index in [1.807, 2.05) is 0 Å². The molecule has 18 heteroatoms. The van der Waals surface area contributed by atoms with Gasteiger partial charge in [-0.1, -0.05) is 48.1 Å². The van der Waals surface area contributed by atoms with Crippen LogP contribution in [0.4, 0.5) is 0 Å². The molecule has 60 heavy (non-hydrogen) atoms. The molecule has 2 aliphatic carbocycles. The smallest absolute Gasteiger partial charge is 0.335 e. The van der Waals surface area contributed by atoms with Crippen molar-refractivity contribution in [1.29, 1.82) is 0 Å². The number of furan rings is 1. The molecule has 18 nitrogen and oxygen atoms in total. The van der Waals surface area contributed by atoms with Crippen molar-refractivity contribution in [3.63, 3.8) is 0 Å². The van der Waals surface area contributed by atoms with Crippen LogP contribution in [0.3, 0.4) is 0 Å². The Bertz CT molecular complexity index is 1850. The van der Waals surface area contributed by atoms with Crippen LogP contribution < -0.4 is 0 Å². The molecule has 2 saturated carbocycles. The number of methoxy groups -OCH3 is 1. The number of hydrogen-bond acceptors (Lipinski definition) is 18. The number of epoxide rings is 1. The molecule has 4 aliphatic rings. The van der Waals surface area contributed by atoms with Gasteiger partial charge in [-0.3, -0.25) is 24.0 Å². The number of rotatable bonds is 15. The lowest BCUT2D eigenvalue weighted by molar-refractivity contribution is -0.228. The number of ether oxygens (including phenoxy) is 8. The molecular weight excluding hydrogens is 792 g/mol. The van der Waals surface area contributed by atoms with Crippen molar-refractivity contribution >= 4 is 42.3 Å². The fourth-order valence-corrected chi connectivity index (χ4v) is 10.3. The SMILES string of the molecule is C=C1C(C2(C)C(OC(C)=O)CC(=O)OC(C)(COC(C)=O)C2CC(=O)OC)C(OC=O)C(OC(=O)C(O)C(C)C)C2(C)C(c3ccoc3)C(OC(=O)C(O)C(C)C)C3OC132. The quantitative estimate of drug-likeness (QED) is 0.0846. The van der Waals surface area contributed by atoms with Crippen molar-refractivity contribution in [2.24, 2.45) is 34.5 Å². The summed E-state index contributed by atoms with van der Waals surface area (Å²) < 4.78 is 53.0. The second kappa shape index (κ2) is 16.9. The van der Waals surface area contributed by atoms with E-state index in [1.54, 1.807) is 47.6 Å². The Morgan fingerprint density at radius 3 is 2.07 bits per heavy atom. The molecule has 5 rings (SSSR count). The molecule has 0 aromatic carbocycles. The van der Waals surface area contributed by atoms with E-state index in [9.17, 15) is 43.8 Å². The van der Waals surface area contributed by atoms with Crippen LogP contribution in [0.2, 0.25) is 0 Å². The van der Waals surface area contributed by atoms with Crippen molar-refractivity contribution in [1.82, 2.24) is 0 Å². The number of carbonyl (C=O) groups is 7. The minimum Gasteiger partial charge on any atom is -0.472 e. The molecule has 2 aliphatic heterocycles. The third kappa shape index (κ3) is 7.59. The molecule has 1 aromatic heterocycles. The van der Waals surface area contributed by atoms with Crippen molar-refractivity contribution in [3.05, 3.63) is 36.3 Å². The van der Waals surface area contributed by atoms with E-state index in [0.29, 0.717) is 5.56 Å². The largest absolute Gasteiger partial charge is 0.472 e. The summed E-state index contributed by atoms with van der Waals surface area (Å²) in [4.78, 5) is 93.0. The van der Waals surface area contributed by atoms with Crippen LogP contribution in [0.25, 0.3) is 0 Å². The molecule has 14 atom stereocenters. The Morgan fingerprint density at radius 2 is 1.55 bits per heavy atom. The van der Waals surface area contributed by atoms with Gasteiger partial charge in [0.25, 0.3) is 6.47 Å². The number of esters is 6. The van der Waals surface area contributed by atoms with E-state index < -0.39 is 150 Å². The lowest BCUT2D eigenvalue weighted by Crippen LogP contribution is -2.68. The highest BCUT2D eigenvalue weighted by molar-refractivity contribution is 5.77. The van der Waals surface area contributed by atoms with Gasteiger partial charge in [-0.2, -0.15) is 0 Å². The van der Waals surface area contributed by atoms with Gasteiger partial charge < -0.3 is 52.5 Å². The van der Waals surface area contributed by atoms with Gasteiger partial charge >= 0.3 is 35.8 Å². The number of hydrogen-bond donors (Lipinski definition) is 2. The first-order valence-corrected chi connectivity index (χ1v) is 19.8. The number of carbonyl (C=O) groups excluding carboxylic acids is 7. The summed E-state index contributed by atoms with van der Waals surface area (Å²) in [5, 5.41) is 21.9. The van der Waals surface area contributed by atoms with E-state index in [4.69, 9.17) is 42.3 Å². The van der Waals surface area contributed by atoms with Gasteiger partial charge in [-0.15, -0.1) is 0 Å². The normalized spacial score (nSPS) is 36.7. The maximum atomic E-state index is 14.1. The standard InChI is InChI=1S/C42H56O18/c1-19(2)31(48)37(50)57-34-30(24-12-13-53-16-24)41(10)35(58-38(51)32(49)20(3)4)33(55-18-43)29(21(5)42(41)36(34)60-42)40(9)25(14-27(46)52-11)39(8,17-54-22(6)44)59-28(47)15-26(40)56-23(7)45/h12-13,16,18-20,25-26,29-36,48-49H,5,14-15,17H2,1-4,6-11H3. The fraction of sp³-hybridized carbons (Fsp3) is 0.690. The summed E-state index contributed by atoms with van der Waals surface area (Å²) >= 11 is 0. The lowest BCUT2D eigenvalue weighted by Gasteiger charge is -2.59. The monoisotopic (exact) mass is 848 g/mol. The Balaban J connectivity index is 1.86. The summed E-state index contributed by atoms with van der Waals surface area (Å²) in [6, 6.07) is 1.60. The van der Waals surface area contributed by atoms with Crippen LogP contribution in [0, 0.1) is 34.5 Å². The molecule has 0 bridgehead atoms. The van der Waals surface area contributed by atoms with Crippen LogP contribution in [0.15, 0.2) is 35.2 Å². The van der Waals surface area contributed by atoms with Gasteiger partial charge in [0.1, 0.15) is 48.3 Å². The summed E-state index contributed by atoms with van der Waals surface area (Å²) in [7, 11) is 1.13. The van der Waals surface area contributed by atoms with Crippen molar-refractivity contribution in [3.8, 4) is 0 Å². The molecular formula is C42H56O18. The maximum absolute atomic E-state index is 14.1. The van der Waals surface area contributed by atoms with Gasteiger partial charge in [0, 0.05) is 37.0 Å². The van der Waals surface area contributed by atoms with E-state index in [1.165, 1.54) is 19.5 Å². The Morgan fingerprint density at radius 1 is 0.933 bits per heavy atom. The van der Waals surface area contributed by atoms with Gasteiger partial charge in [0.2, 0.25) is 0 Å². The first-order valence-electron chi connectivity index (χ1n) is 19.8. The van der Waals surface area contributed by atoms with Crippen molar-refractivity contribution in [2.75, 3.05) is 13.7 Å². The minimum atomic E-state index is -1.88. The van der Waals surface area contributed by atoms with Crippen LogP contribution in [0.5, 0.6) is 0 Å². The summed E-state index contributed by atoms with van der Waals surface area (Å²) in [5.74, 6) is -10.4. The van der Waals surface area contributed by atoms with Gasteiger partial charge in [-0.25, -0.2) is 9.59 Å². The highest BCUT2D eigenvalue weighted by Crippen LogP contribution is 2.77. The average molecular weight is 849 g/mol. The van der Waals surface area contributed by atoms with Crippen LogP contribution in [-0.2, 0) is 71.5 Å². The van der Waals surface area contributed by atoms with Gasteiger partial charge in [-0.05, 0) is 36.0 Å². The van der Waals surface area contributed by atoms with Crippen molar-refractivity contribution in [2.45, 2.75) is 135 Å². The van der Waals surface area contributed by atoms with Crippen LogP contribution in [-0.4, -0.2) is 120 Å². The number of aliphatic hydroxyl groups is 2. The third-order valence-corrected chi connectivity index (χ3v) is 13.2. The predicted octanol–water partition coefficient (Wildman–Crippen LogP) is 2.49. The average Bonchev–Trinajstić information content (AvgIpc) is 3.64. The minimum absolute atomic E-state index is 0.103. The molecule has 1 spiro atoms. The number of aliphatic hydroxyl groups excluding tert-OH is 2. The zero-order valence-electron chi connectivity index (χ0n) is 35.5. The molecule has 0 radical (unpaired) electrons. The molecule has 1 aromatic rings. The lowest BCUT2D eigenvalue weighted by atomic mass is 9.47.